The first-order valence-corrected chi connectivity index (χ1v) is 8.94. The lowest BCUT2D eigenvalue weighted by Crippen LogP contribution is -2.57. The number of aliphatic hydroxyl groups is 1. The Balaban J connectivity index is 1.59. The van der Waals surface area contributed by atoms with E-state index in [9.17, 15) is 14.7 Å². The summed E-state index contributed by atoms with van der Waals surface area (Å²) in [5.41, 5.74) is -0.634. The Morgan fingerprint density at radius 3 is 2.25 bits per heavy atom. The molecule has 0 aromatic heterocycles. The number of hydrogen-bond acceptors (Lipinski definition) is 3. The van der Waals surface area contributed by atoms with Gasteiger partial charge in [-0.15, -0.1) is 0 Å². The molecule has 6 heteroatoms. The zero-order valence-corrected chi connectivity index (χ0v) is 14.5. The highest BCUT2D eigenvalue weighted by molar-refractivity contribution is 6.30. The van der Waals surface area contributed by atoms with Crippen molar-refractivity contribution in [1.82, 2.24) is 9.80 Å². The van der Waals surface area contributed by atoms with Crippen molar-refractivity contribution in [3.63, 3.8) is 0 Å². The molecule has 1 N–H and O–H groups in total. The van der Waals surface area contributed by atoms with Crippen molar-refractivity contribution < 1.29 is 14.7 Å². The van der Waals surface area contributed by atoms with Gasteiger partial charge in [0, 0.05) is 36.8 Å². The molecule has 1 aliphatic heterocycles. The topological polar surface area (TPSA) is 60.9 Å². The van der Waals surface area contributed by atoms with Gasteiger partial charge in [0.05, 0.1) is 0 Å². The third-order valence-electron chi connectivity index (χ3n) is 5.00. The number of amides is 2. The summed E-state index contributed by atoms with van der Waals surface area (Å²) in [7, 11) is 0. The van der Waals surface area contributed by atoms with Crippen molar-refractivity contribution in [2.45, 2.75) is 37.7 Å². The molecule has 24 heavy (non-hydrogen) atoms. The molecule has 1 aromatic rings. The monoisotopic (exact) mass is 350 g/mol. The van der Waals surface area contributed by atoms with E-state index in [0.29, 0.717) is 49.6 Å². The highest BCUT2D eigenvalue weighted by Crippen LogP contribution is 2.30. The predicted octanol–water partition coefficient (Wildman–Crippen LogP) is 2.32. The highest BCUT2D eigenvalue weighted by Gasteiger charge is 2.41. The van der Waals surface area contributed by atoms with Gasteiger partial charge in [0.2, 0.25) is 0 Å². The SMILES string of the molecule is O=C(c1cccc(Cl)c1)N1CCN(C(=O)C2(O)CCCCC2)CC1. The molecule has 0 radical (unpaired) electrons. The Bertz CT molecular complexity index is 620. The van der Waals surface area contributed by atoms with E-state index >= 15 is 0 Å². The maximum absolute atomic E-state index is 12.6. The van der Waals surface area contributed by atoms with Gasteiger partial charge in [-0.25, -0.2) is 0 Å². The minimum absolute atomic E-state index is 0.0685. The van der Waals surface area contributed by atoms with Crippen LogP contribution in [0.1, 0.15) is 42.5 Å². The number of hydrogen-bond donors (Lipinski definition) is 1. The molecule has 1 aromatic carbocycles. The van der Waals surface area contributed by atoms with Crippen LogP contribution in [0.2, 0.25) is 5.02 Å². The summed E-state index contributed by atoms with van der Waals surface area (Å²) in [5, 5.41) is 11.1. The highest BCUT2D eigenvalue weighted by atomic mass is 35.5. The largest absolute Gasteiger partial charge is 0.380 e. The van der Waals surface area contributed by atoms with E-state index < -0.39 is 5.60 Å². The minimum atomic E-state index is -1.20. The second-order valence-corrected chi connectivity index (χ2v) is 7.12. The number of piperazine rings is 1. The van der Waals surface area contributed by atoms with E-state index in [1.165, 1.54) is 0 Å². The Labute approximate surface area is 147 Å². The van der Waals surface area contributed by atoms with Crippen molar-refractivity contribution >= 4 is 23.4 Å². The fourth-order valence-corrected chi connectivity index (χ4v) is 3.75. The van der Waals surface area contributed by atoms with Crippen LogP contribution in [0.15, 0.2) is 24.3 Å². The van der Waals surface area contributed by atoms with Crippen LogP contribution in [0.25, 0.3) is 0 Å². The molecule has 1 saturated heterocycles. The van der Waals surface area contributed by atoms with Gasteiger partial charge in [0.15, 0.2) is 0 Å². The molecule has 0 bridgehead atoms. The molecule has 2 amide bonds. The first kappa shape index (κ1) is 17.2. The van der Waals surface area contributed by atoms with Crippen molar-refractivity contribution in [1.29, 1.82) is 0 Å². The smallest absolute Gasteiger partial charge is 0.254 e. The van der Waals surface area contributed by atoms with Crippen LogP contribution >= 0.6 is 11.6 Å². The number of carbonyl (C=O) groups excluding carboxylic acids is 2. The van der Waals surface area contributed by atoms with Crippen LogP contribution in [0.5, 0.6) is 0 Å². The number of rotatable bonds is 2. The van der Waals surface area contributed by atoms with E-state index in [4.69, 9.17) is 11.6 Å². The molecule has 0 spiro atoms. The van der Waals surface area contributed by atoms with E-state index in [-0.39, 0.29) is 11.8 Å². The van der Waals surface area contributed by atoms with Crippen LogP contribution in [-0.4, -0.2) is 58.5 Å². The van der Waals surface area contributed by atoms with Crippen LogP contribution in [0.3, 0.4) is 0 Å². The summed E-state index contributed by atoms with van der Waals surface area (Å²) in [6.07, 6.45) is 3.98. The maximum Gasteiger partial charge on any atom is 0.254 e. The van der Waals surface area contributed by atoms with Gasteiger partial charge in [0.25, 0.3) is 11.8 Å². The van der Waals surface area contributed by atoms with Crippen LogP contribution in [-0.2, 0) is 4.79 Å². The molecule has 1 aliphatic carbocycles. The molecule has 130 valence electrons. The van der Waals surface area contributed by atoms with Gasteiger partial charge in [-0.3, -0.25) is 9.59 Å². The zero-order valence-electron chi connectivity index (χ0n) is 13.7. The second kappa shape index (κ2) is 7.11. The second-order valence-electron chi connectivity index (χ2n) is 6.69. The summed E-state index contributed by atoms with van der Waals surface area (Å²) in [6, 6.07) is 6.90. The Morgan fingerprint density at radius 1 is 1.00 bits per heavy atom. The molecule has 1 saturated carbocycles. The minimum Gasteiger partial charge on any atom is -0.380 e. The van der Waals surface area contributed by atoms with Gasteiger partial charge >= 0.3 is 0 Å². The van der Waals surface area contributed by atoms with Gasteiger partial charge < -0.3 is 14.9 Å². The standard InChI is InChI=1S/C18H23ClN2O3/c19-15-6-4-5-14(13-15)16(22)20-9-11-21(12-10-20)17(23)18(24)7-2-1-3-8-18/h4-6,13,24H,1-3,7-12H2. The summed E-state index contributed by atoms with van der Waals surface area (Å²) >= 11 is 5.94. The number of carbonyl (C=O) groups is 2. The molecular formula is C18H23ClN2O3. The maximum atomic E-state index is 12.6. The summed E-state index contributed by atoms with van der Waals surface area (Å²) in [6.45, 7) is 1.89. The molecule has 3 rings (SSSR count). The Morgan fingerprint density at radius 2 is 1.62 bits per heavy atom. The Hall–Kier alpha value is -1.59. The van der Waals surface area contributed by atoms with E-state index in [0.717, 1.165) is 19.3 Å². The van der Waals surface area contributed by atoms with Crippen LogP contribution in [0, 0.1) is 0 Å². The molecule has 1 heterocycles. The first-order chi connectivity index (χ1) is 11.5. The molecule has 2 aliphatic rings. The fourth-order valence-electron chi connectivity index (χ4n) is 3.56. The quantitative estimate of drug-likeness (QED) is 0.890. The third-order valence-corrected chi connectivity index (χ3v) is 5.24. The summed E-state index contributed by atoms with van der Waals surface area (Å²) < 4.78 is 0. The van der Waals surface area contributed by atoms with E-state index in [1.54, 1.807) is 34.1 Å². The zero-order chi connectivity index (χ0) is 17.2. The lowest BCUT2D eigenvalue weighted by atomic mass is 9.83. The number of nitrogens with zero attached hydrogens (tertiary/aromatic N) is 2. The van der Waals surface area contributed by atoms with E-state index in [1.807, 2.05) is 0 Å². The van der Waals surface area contributed by atoms with Crippen molar-refractivity contribution in [2.75, 3.05) is 26.2 Å². The van der Waals surface area contributed by atoms with Gasteiger partial charge in [-0.1, -0.05) is 36.9 Å². The van der Waals surface area contributed by atoms with Gasteiger partial charge in [-0.05, 0) is 31.0 Å². The average molecular weight is 351 g/mol. The normalized spacial score (nSPS) is 20.8. The van der Waals surface area contributed by atoms with Crippen LogP contribution < -0.4 is 0 Å². The average Bonchev–Trinajstić information content (AvgIpc) is 2.61. The fraction of sp³-hybridized carbons (Fsp3) is 0.556. The van der Waals surface area contributed by atoms with Crippen LogP contribution in [0.4, 0.5) is 0 Å². The molecule has 0 atom stereocenters. The summed E-state index contributed by atoms with van der Waals surface area (Å²) in [4.78, 5) is 28.6. The van der Waals surface area contributed by atoms with Crippen molar-refractivity contribution in [2.24, 2.45) is 0 Å². The third kappa shape index (κ3) is 3.57. The lowest BCUT2D eigenvalue weighted by Gasteiger charge is -2.40. The van der Waals surface area contributed by atoms with Gasteiger partial charge in [0.1, 0.15) is 5.60 Å². The summed E-state index contributed by atoms with van der Waals surface area (Å²) in [5.74, 6) is -0.238. The number of benzene rings is 1. The molecule has 0 unspecified atom stereocenters. The van der Waals surface area contributed by atoms with Crippen molar-refractivity contribution in [3.8, 4) is 0 Å². The van der Waals surface area contributed by atoms with E-state index in [2.05, 4.69) is 0 Å². The molecular weight excluding hydrogens is 328 g/mol. The number of halogens is 1. The first-order valence-electron chi connectivity index (χ1n) is 8.56. The predicted molar refractivity (Wildman–Crippen MR) is 92.0 cm³/mol. The van der Waals surface area contributed by atoms with Crippen molar-refractivity contribution in [3.05, 3.63) is 34.9 Å². The lowest BCUT2D eigenvalue weighted by molar-refractivity contribution is -0.156. The van der Waals surface area contributed by atoms with Gasteiger partial charge in [-0.2, -0.15) is 0 Å². The molecule has 2 fully saturated rings. The Kier molecular flexibility index (Phi) is 5.11. The molecule has 5 nitrogen and oxygen atoms in total.